The summed E-state index contributed by atoms with van der Waals surface area (Å²) in [4.78, 5) is 66.7. The van der Waals surface area contributed by atoms with Crippen LogP contribution >= 0.6 is 0 Å². The lowest BCUT2D eigenvalue weighted by Gasteiger charge is -2.37. The highest BCUT2D eigenvalue weighted by Crippen LogP contribution is 2.27. The third-order valence-corrected chi connectivity index (χ3v) is 8.62. The fourth-order valence-electron chi connectivity index (χ4n) is 5.81. The van der Waals surface area contributed by atoms with Crippen LogP contribution in [0.4, 0.5) is 4.79 Å². The monoisotopic (exact) mass is 613 g/mol. The maximum atomic E-state index is 14.0. The Morgan fingerprint density at radius 3 is 2.23 bits per heavy atom. The van der Waals surface area contributed by atoms with Crippen molar-refractivity contribution in [3.05, 3.63) is 35.9 Å². The number of rotatable bonds is 16. The van der Waals surface area contributed by atoms with Crippen molar-refractivity contribution in [3.8, 4) is 0 Å². The van der Waals surface area contributed by atoms with Crippen molar-refractivity contribution in [2.75, 3.05) is 6.54 Å². The van der Waals surface area contributed by atoms with Gasteiger partial charge >= 0.3 is 6.03 Å². The predicted molar refractivity (Wildman–Crippen MR) is 173 cm³/mol. The summed E-state index contributed by atoms with van der Waals surface area (Å²) < 4.78 is 0. The summed E-state index contributed by atoms with van der Waals surface area (Å²) in [6.45, 7) is 14.0. The molecule has 1 aromatic rings. The third-order valence-electron chi connectivity index (χ3n) is 8.62. The molecule has 5 atom stereocenters. The fourth-order valence-corrected chi connectivity index (χ4v) is 5.81. The Labute approximate surface area is 263 Å². The Morgan fingerprint density at radius 2 is 1.66 bits per heavy atom. The van der Waals surface area contributed by atoms with Gasteiger partial charge in [0.15, 0.2) is 0 Å². The highest BCUT2D eigenvalue weighted by Gasteiger charge is 2.43. The van der Waals surface area contributed by atoms with E-state index in [0.717, 1.165) is 37.7 Å². The molecule has 4 unspecified atom stereocenters. The predicted octanol–water partition coefficient (Wildman–Crippen LogP) is 4.25. The van der Waals surface area contributed by atoms with Crippen LogP contribution in [0.1, 0.15) is 105 Å². The maximum absolute atomic E-state index is 14.0. The number of nitrogens with two attached hydrogens (primary N) is 1. The molecule has 0 bridgehead atoms. The summed E-state index contributed by atoms with van der Waals surface area (Å²) in [5, 5.41) is 8.82. The van der Waals surface area contributed by atoms with Crippen LogP contribution in [-0.2, 0) is 25.6 Å². The first-order chi connectivity index (χ1) is 20.6. The molecule has 0 spiro atoms. The van der Waals surface area contributed by atoms with Gasteiger partial charge in [0.25, 0.3) is 5.91 Å². The number of primary amides is 1. The van der Waals surface area contributed by atoms with E-state index in [1.54, 1.807) is 0 Å². The minimum atomic E-state index is -1.10. The number of Topliss-reactive ketones (excluding diaryl/α,β-unsaturated/α-hetero) is 1. The van der Waals surface area contributed by atoms with Crippen molar-refractivity contribution >= 4 is 29.5 Å². The lowest BCUT2D eigenvalue weighted by molar-refractivity contribution is -0.143. The van der Waals surface area contributed by atoms with E-state index in [-0.39, 0.29) is 18.2 Å². The molecule has 0 saturated carbocycles. The largest absolute Gasteiger partial charge is 0.363 e. The van der Waals surface area contributed by atoms with E-state index in [9.17, 15) is 24.0 Å². The SMILES string of the molecule is CCCCCC(C)(Cc1ccccc1)NC(=O)NC(C(=O)N1CCC[C@H]1C(=O)NC(CC(C)CC)C(=O)C(N)=O)C(C)(C)C. The highest BCUT2D eigenvalue weighted by molar-refractivity contribution is 6.37. The zero-order valence-corrected chi connectivity index (χ0v) is 27.8. The van der Waals surface area contributed by atoms with E-state index < -0.39 is 52.7 Å². The number of ketones is 1. The summed E-state index contributed by atoms with van der Waals surface area (Å²) in [6.07, 6.45) is 6.55. The van der Waals surface area contributed by atoms with E-state index in [2.05, 4.69) is 22.9 Å². The first-order valence-corrected chi connectivity index (χ1v) is 16.2. The van der Waals surface area contributed by atoms with Crippen LogP contribution in [0.3, 0.4) is 0 Å². The molecule has 1 saturated heterocycles. The summed E-state index contributed by atoms with van der Waals surface area (Å²) >= 11 is 0. The fraction of sp³-hybridized carbons (Fsp3) is 0.676. The average Bonchev–Trinajstić information content (AvgIpc) is 3.45. The molecule has 1 aromatic carbocycles. The van der Waals surface area contributed by atoms with Crippen molar-refractivity contribution in [2.45, 2.75) is 130 Å². The van der Waals surface area contributed by atoms with Gasteiger partial charge in [-0.2, -0.15) is 0 Å². The number of benzene rings is 1. The Bertz CT molecular complexity index is 1130. The smallest absolute Gasteiger partial charge is 0.315 e. The number of urea groups is 1. The van der Waals surface area contributed by atoms with Gasteiger partial charge in [-0.15, -0.1) is 0 Å². The maximum Gasteiger partial charge on any atom is 0.315 e. The number of nitrogens with zero attached hydrogens (tertiary/aromatic N) is 1. The Kier molecular flexibility index (Phi) is 13.9. The van der Waals surface area contributed by atoms with E-state index in [1.165, 1.54) is 4.90 Å². The number of amides is 5. The van der Waals surface area contributed by atoms with Gasteiger partial charge in [-0.1, -0.05) is 97.6 Å². The molecule has 246 valence electrons. The third kappa shape index (κ3) is 10.9. The van der Waals surface area contributed by atoms with Crippen LogP contribution in [-0.4, -0.2) is 64.6 Å². The second-order valence-corrected chi connectivity index (χ2v) is 13.8. The van der Waals surface area contributed by atoms with Crippen LogP contribution in [0.15, 0.2) is 30.3 Å². The molecule has 5 amide bonds. The van der Waals surface area contributed by atoms with Crippen LogP contribution < -0.4 is 21.7 Å². The molecule has 10 nitrogen and oxygen atoms in total. The molecule has 0 aliphatic carbocycles. The molecule has 1 aliphatic rings. The van der Waals surface area contributed by atoms with Crippen molar-refractivity contribution in [1.29, 1.82) is 0 Å². The first kappa shape index (κ1) is 36.8. The van der Waals surface area contributed by atoms with Crippen molar-refractivity contribution in [1.82, 2.24) is 20.9 Å². The number of hydrogen-bond donors (Lipinski definition) is 4. The molecule has 0 radical (unpaired) electrons. The summed E-state index contributed by atoms with van der Waals surface area (Å²) in [7, 11) is 0. The molecule has 1 aliphatic heterocycles. The molecular weight excluding hydrogens is 558 g/mol. The van der Waals surface area contributed by atoms with E-state index >= 15 is 0 Å². The molecule has 44 heavy (non-hydrogen) atoms. The van der Waals surface area contributed by atoms with Gasteiger partial charge in [0.1, 0.15) is 12.1 Å². The molecular formula is C34H55N5O5. The van der Waals surface area contributed by atoms with Gasteiger partial charge < -0.3 is 26.6 Å². The zero-order valence-electron chi connectivity index (χ0n) is 27.8. The quantitative estimate of drug-likeness (QED) is 0.162. The Hall–Kier alpha value is -3.43. The molecule has 0 aromatic heterocycles. The van der Waals surface area contributed by atoms with Gasteiger partial charge in [0, 0.05) is 12.1 Å². The van der Waals surface area contributed by atoms with E-state index in [0.29, 0.717) is 25.8 Å². The number of nitrogens with one attached hydrogen (secondary N) is 3. The Balaban J connectivity index is 2.22. The standard InChI is InChI=1S/C34H55N5O5/c1-8-10-14-19-34(7,22-24-16-12-11-13-17-24)38-32(44)37-28(33(4,5)6)31(43)39-20-15-18-26(39)30(42)36-25(21-23(3)9-2)27(40)29(35)41/h11-13,16-17,23,25-26,28H,8-10,14-15,18-22H2,1-7H3,(H2,35,41)(H,36,42)(H2,37,38,44)/t23?,25?,26-,28?,34?/m0/s1. The summed E-state index contributed by atoms with van der Waals surface area (Å²) in [5.74, 6) is -2.73. The second kappa shape index (κ2) is 16.6. The van der Waals surface area contributed by atoms with Crippen LogP contribution in [0, 0.1) is 11.3 Å². The molecule has 2 rings (SSSR count). The second-order valence-electron chi connectivity index (χ2n) is 13.8. The summed E-state index contributed by atoms with van der Waals surface area (Å²) in [5.41, 5.74) is 5.19. The van der Waals surface area contributed by atoms with Gasteiger partial charge in [0.05, 0.1) is 6.04 Å². The van der Waals surface area contributed by atoms with Crippen LogP contribution in [0.2, 0.25) is 0 Å². The van der Waals surface area contributed by atoms with Crippen LogP contribution in [0.5, 0.6) is 0 Å². The van der Waals surface area contributed by atoms with E-state index in [1.807, 2.05) is 71.9 Å². The molecule has 10 heteroatoms. The van der Waals surface area contributed by atoms with E-state index in [4.69, 9.17) is 5.73 Å². The number of hydrogen-bond acceptors (Lipinski definition) is 5. The number of likely N-dealkylation sites (tertiary alicyclic amines) is 1. The Morgan fingerprint density at radius 1 is 1.00 bits per heavy atom. The number of unbranched alkanes of at least 4 members (excludes halogenated alkanes) is 2. The topological polar surface area (TPSA) is 151 Å². The van der Waals surface area contributed by atoms with Crippen LogP contribution in [0.25, 0.3) is 0 Å². The zero-order chi connectivity index (χ0) is 33.1. The molecule has 1 fully saturated rings. The normalized spacial score (nSPS) is 18.4. The van der Waals surface area contributed by atoms with Gasteiger partial charge in [-0.3, -0.25) is 19.2 Å². The lowest BCUT2D eigenvalue weighted by Crippen LogP contribution is -2.61. The minimum absolute atomic E-state index is 0.0763. The molecule has 5 N–H and O–H groups in total. The summed E-state index contributed by atoms with van der Waals surface area (Å²) in [6, 6.07) is 6.80. The van der Waals surface area contributed by atoms with Crippen molar-refractivity contribution in [2.24, 2.45) is 17.1 Å². The average molecular weight is 614 g/mol. The van der Waals surface area contributed by atoms with Crippen molar-refractivity contribution in [3.63, 3.8) is 0 Å². The first-order valence-electron chi connectivity index (χ1n) is 16.2. The lowest BCUT2D eigenvalue weighted by atomic mass is 9.85. The minimum Gasteiger partial charge on any atom is -0.363 e. The van der Waals surface area contributed by atoms with Gasteiger partial charge in [-0.25, -0.2) is 4.79 Å². The van der Waals surface area contributed by atoms with Gasteiger partial charge in [-0.05, 0) is 55.9 Å². The molecule has 1 heterocycles. The highest BCUT2D eigenvalue weighted by atomic mass is 16.2. The number of carbonyl (C=O) groups excluding carboxylic acids is 5. The van der Waals surface area contributed by atoms with Crippen molar-refractivity contribution < 1.29 is 24.0 Å². The number of carbonyl (C=O) groups is 5. The van der Waals surface area contributed by atoms with Gasteiger partial charge in [0.2, 0.25) is 17.6 Å².